The molecule has 1 N–H and O–H groups in total. The van der Waals surface area contributed by atoms with Crippen LogP contribution in [0.2, 0.25) is 0 Å². The highest BCUT2D eigenvalue weighted by Gasteiger charge is 2.25. The van der Waals surface area contributed by atoms with Crippen LogP contribution in [-0.2, 0) is 0 Å². The highest BCUT2D eigenvalue weighted by Crippen LogP contribution is 2.28. The molecule has 0 saturated carbocycles. The fourth-order valence-corrected chi connectivity index (χ4v) is 3.43. The van der Waals surface area contributed by atoms with Gasteiger partial charge in [-0.15, -0.1) is 0 Å². The fourth-order valence-electron chi connectivity index (χ4n) is 2.22. The van der Waals surface area contributed by atoms with Gasteiger partial charge in [0.05, 0.1) is 0 Å². The molecule has 1 aliphatic heterocycles. The van der Waals surface area contributed by atoms with Crippen molar-refractivity contribution in [1.29, 1.82) is 0 Å². The van der Waals surface area contributed by atoms with Crippen LogP contribution in [0.15, 0.2) is 24.3 Å². The zero-order valence-electron chi connectivity index (χ0n) is 10.4. The van der Waals surface area contributed by atoms with E-state index in [1.807, 2.05) is 0 Å². The molecule has 2 heteroatoms. The van der Waals surface area contributed by atoms with Crippen molar-refractivity contribution in [2.45, 2.75) is 44.5 Å². The van der Waals surface area contributed by atoms with Crippen molar-refractivity contribution < 1.29 is 0 Å². The third kappa shape index (κ3) is 2.80. The molecular weight excluding hydrogens is 214 g/mol. The summed E-state index contributed by atoms with van der Waals surface area (Å²) >= 11 is 2.08. The smallest absolute Gasteiger partial charge is 0.0294 e. The highest BCUT2D eigenvalue weighted by molar-refractivity contribution is 8.00. The van der Waals surface area contributed by atoms with Crippen LogP contribution >= 0.6 is 11.8 Å². The predicted molar refractivity (Wildman–Crippen MR) is 73.1 cm³/mol. The van der Waals surface area contributed by atoms with Crippen molar-refractivity contribution in [2.24, 2.45) is 0 Å². The number of hydrogen-bond donors (Lipinski definition) is 1. The lowest BCUT2D eigenvalue weighted by molar-refractivity contribution is 0.454. The average molecular weight is 235 g/mol. The van der Waals surface area contributed by atoms with Crippen LogP contribution in [-0.4, -0.2) is 17.0 Å². The van der Waals surface area contributed by atoms with E-state index in [9.17, 15) is 0 Å². The van der Waals surface area contributed by atoms with Gasteiger partial charge < -0.3 is 5.32 Å². The number of thioether (sulfide) groups is 1. The number of hydrogen-bond acceptors (Lipinski definition) is 2. The van der Waals surface area contributed by atoms with E-state index in [2.05, 4.69) is 62.1 Å². The van der Waals surface area contributed by atoms with E-state index in [-0.39, 0.29) is 0 Å². The van der Waals surface area contributed by atoms with Crippen molar-refractivity contribution >= 4 is 11.8 Å². The first-order chi connectivity index (χ1) is 7.66. The summed E-state index contributed by atoms with van der Waals surface area (Å²) in [5.74, 6) is 1.31. The van der Waals surface area contributed by atoms with Gasteiger partial charge in [0.15, 0.2) is 0 Å². The van der Waals surface area contributed by atoms with Crippen LogP contribution in [0.3, 0.4) is 0 Å². The Morgan fingerprint density at radius 2 is 2.00 bits per heavy atom. The molecule has 1 aromatic carbocycles. The van der Waals surface area contributed by atoms with Gasteiger partial charge in [-0.1, -0.05) is 36.8 Å². The number of nitrogens with one attached hydrogen (secondary N) is 1. The van der Waals surface area contributed by atoms with Crippen LogP contribution in [0.1, 0.15) is 37.4 Å². The molecule has 0 radical (unpaired) electrons. The zero-order chi connectivity index (χ0) is 11.5. The molecule has 1 heterocycles. The molecule has 0 spiro atoms. The average Bonchev–Trinajstić information content (AvgIpc) is 2.65. The Hall–Kier alpha value is -0.470. The van der Waals surface area contributed by atoms with Gasteiger partial charge in [0.1, 0.15) is 0 Å². The molecule has 0 bridgehead atoms. The van der Waals surface area contributed by atoms with Gasteiger partial charge in [-0.3, -0.25) is 0 Å². The second-order valence-electron chi connectivity index (χ2n) is 4.77. The van der Waals surface area contributed by atoms with Crippen LogP contribution < -0.4 is 5.32 Å². The van der Waals surface area contributed by atoms with Gasteiger partial charge >= 0.3 is 0 Å². The molecule has 3 atom stereocenters. The quantitative estimate of drug-likeness (QED) is 0.860. The molecule has 0 aliphatic carbocycles. The van der Waals surface area contributed by atoms with Gasteiger partial charge in [0.25, 0.3) is 0 Å². The largest absolute Gasteiger partial charge is 0.306 e. The molecule has 3 unspecified atom stereocenters. The molecule has 16 heavy (non-hydrogen) atoms. The normalized spacial score (nSPS) is 26.9. The van der Waals surface area contributed by atoms with E-state index < -0.39 is 0 Å². The fraction of sp³-hybridized carbons (Fsp3) is 0.571. The minimum Gasteiger partial charge on any atom is -0.306 e. The third-order valence-corrected chi connectivity index (χ3v) is 4.74. The van der Waals surface area contributed by atoms with Gasteiger partial charge in [-0.25, -0.2) is 0 Å². The highest BCUT2D eigenvalue weighted by atomic mass is 32.2. The molecule has 1 aliphatic rings. The number of aryl methyl sites for hydroxylation is 1. The standard InChI is InChI=1S/C14H21NS/c1-10-4-6-13(7-5-10)11(2)15-14-8-9-16-12(14)3/h4-7,11-12,14-15H,8-9H2,1-3H3. The summed E-state index contributed by atoms with van der Waals surface area (Å²) in [4.78, 5) is 0. The summed E-state index contributed by atoms with van der Waals surface area (Å²) in [6.07, 6.45) is 1.31. The lowest BCUT2D eigenvalue weighted by atomic mass is 10.0. The molecule has 2 rings (SSSR count). The van der Waals surface area contributed by atoms with E-state index in [1.165, 1.54) is 23.3 Å². The summed E-state index contributed by atoms with van der Waals surface area (Å²) in [5.41, 5.74) is 2.73. The lowest BCUT2D eigenvalue weighted by Crippen LogP contribution is -2.35. The van der Waals surface area contributed by atoms with E-state index >= 15 is 0 Å². The van der Waals surface area contributed by atoms with Crippen molar-refractivity contribution in [1.82, 2.24) is 5.32 Å². The number of benzene rings is 1. The van der Waals surface area contributed by atoms with E-state index in [1.54, 1.807) is 0 Å². The Balaban J connectivity index is 1.97. The Bertz CT molecular complexity index is 333. The minimum absolute atomic E-state index is 0.465. The minimum atomic E-state index is 0.465. The molecule has 88 valence electrons. The predicted octanol–water partition coefficient (Wildman–Crippen LogP) is 3.54. The Morgan fingerprint density at radius 1 is 1.31 bits per heavy atom. The SMILES string of the molecule is Cc1ccc(C(C)NC2CCSC2C)cc1. The topological polar surface area (TPSA) is 12.0 Å². The maximum Gasteiger partial charge on any atom is 0.0294 e. The number of rotatable bonds is 3. The second-order valence-corrected chi connectivity index (χ2v) is 6.26. The summed E-state index contributed by atoms with van der Waals surface area (Å²) in [6, 6.07) is 10.0. The van der Waals surface area contributed by atoms with Crippen LogP contribution in [0.5, 0.6) is 0 Å². The molecule has 0 amide bonds. The summed E-state index contributed by atoms with van der Waals surface area (Å²) in [5, 5.41) is 4.50. The molecule has 1 fully saturated rings. The zero-order valence-corrected chi connectivity index (χ0v) is 11.2. The maximum absolute atomic E-state index is 3.74. The van der Waals surface area contributed by atoms with Crippen LogP contribution in [0, 0.1) is 6.92 Å². The van der Waals surface area contributed by atoms with Crippen molar-refractivity contribution in [3.05, 3.63) is 35.4 Å². The van der Waals surface area contributed by atoms with Crippen molar-refractivity contribution in [3.8, 4) is 0 Å². The van der Waals surface area contributed by atoms with E-state index in [4.69, 9.17) is 0 Å². The maximum atomic E-state index is 3.74. The lowest BCUT2D eigenvalue weighted by Gasteiger charge is -2.22. The van der Waals surface area contributed by atoms with E-state index in [0.717, 1.165) is 5.25 Å². The Labute approximate surface area is 103 Å². The van der Waals surface area contributed by atoms with Gasteiger partial charge in [0.2, 0.25) is 0 Å². The van der Waals surface area contributed by atoms with Crippen LogP contribution in [0.25, 0.3) is 0 Å². The van der Waals surface area contributed by atoms with Crippen molar-refractivity contribution in [3.63, 3.8) is 0 Å². The third-order valence-electron chi connectivity index (χ3n) is 3.42. The van der Waals surface area contributed by atoms with Gasteiger partial charge in [0, 0.05) is 17.3 Å². The summed E-state index contributed by atoms with van der Waals surface area (Å²) in [6.45, 7) is 6.73. The summed E-state index contributed by atoms with van der Waals surface area (Å²) in [7, 11) is 0. The molecule has 1 aromatic rings. The molecular formula is C14H21NS. The molecule has 1 saturated heterocycles. The van der Waals surface area contributed by atoms with Gasteiger partial charge in [-0.2, -0.15) is 11.8 Å². The Kier molecular flexibility index (Phi) is 3.93. The first-order valence-electron chi connectivity index (χ1n) is 6.11. The van der Waals surface area contributed by atoms with Crippen molar-refractivity contribution in [2.75, 3.05) is 5.75 Å². The van der Waals surface area contributed by atoms with Gasteiger partial charge in [-0.05, 0) is 31.6 Å². The first-order valence-corrected chi connectivity index (χ1v) is 7.16. The molecule has 1 nitrogen and oxygen atoms in total. The first kappa shape index (κ1) is 12.0. The second kappa shape index (κ2) is 5.24. The van der Waals surface area contributed by atoms with E-state index in [0.29, 0.717) is 12.1 Å². The monoisotopic (exact) mass is 235 g/mol. The van der Waals surface area contributed by atoms with Crippen LogP contribution in [0.4, 0.5) is 0 Å². The Morgan fingerprint density at radius 3 is 2.56 bits per heavy atom. The molecule has 0 aromatic heterocycles. The summed E-state index contributed by atoms with van der Waals surface area (Å²) < 4.78 is 0.